The third kappa shape index (κ3) is 8.14. The molecule has 0 aliphatic carbocycles. The molecule has 0 spiro atoms. The molecule has 0 bridgehead atoms. The predicted molar refractivity (Wildman–Crippen MR) is 104 cm³/mol. The molecule has 28 heavy (non-hydrogen) atoms. The Morgan fingerprint density at radius 1 is 0.893 bits per heavy atom. The van der Waals surface area contributed by atoms with Crippen molar-refractivity contribution in [3.63, 3.8) is 0 Å². The molecule has 0 amide bonds. The van der Waals surface area contributed by atoms with E-state index < -0.39 is 20.8 Å². The van der Waals surface area contributed by atoms with E-state index in [1.165, 1.54) is 44.2 Å². The van der Waals surface area contributed by atoms with Crippen molar-refractivity contribution in [3.8, 4) is 17.2 Å². The number of benzene rings is 2. The number of hydrogen-bond donors (Lipinski definition) is 1. The standard InChI is InChI=1S/C21H28O5S.K/c1-2-3-4-5-6-7-8-12-17-13-9-10-14-18(17)26-19-15-11-16-20(21(19)22)27(23,24)25;/h9-11,13-16,22H,2-8,12H2,1H3,(H,23,24,25);/q;+1/p-1. The van der Waals surface area contributed by atoms with E-state index >= 15 is 0 Å². The van der Waals surface area contributed by atoms with E-state index in [1.807, 2.05) is 12.1 Å². The van der Waals surface area contributed by atoms with Gasteiger partial charge in [-0.25, -0.2) is 0 Å². The van der Waals surface area contributed by atoms with Gasteiger partial charge in [0, 0.05) is 0 Å². The summed E-state index contributed by atoms with van der Waals surface area (Å²) in [5.41, 5.74) is 0.975. The molecule has 0 heterocycles. The van der Waals surface area contributed by atoms with Gasteiger partial charge in [-0.1, -0.05) is 69.7 Å². The second-order valence-corrected chi connectivity index (χ2v) is 8.03. The summed E-state index contributed by atoms with van der Waals surface area (Å²) >= 11 is 0. The fraction of sp³-hybridized carbons (Fsp3) is 0.429. The summed E-state index contributed by atoms with van der Waals surface area (Å²) in [4.78, 5) is -0.676. The van der Waals surface area contributed by atoms with Crippen LogP contribution in [-0.4, -0.2) is 13.0 Å². The van der Waals surface area contributed by atoms with Crippen LogP contribution in [0.2, 0.25) is 0 Å². The molecule has 1 N–H and O–H groups in total. The Bertz CT molecular complexity index is 836. The van der Waals surface area contributed by atoms with Crippen LogP contribution in [0.4, 0.5) is 0 Å². The smallest absolute Gasteiger partial charge is 0.869 e. The zero-order chi connectivity index (χ0) is 19.7. The average molecular weight is 431 g/mol. The Morgan fingerprint density at radius 2 is 1.50 bits per heavy atom. The van der Waals surface area contributed by atoms with Gasteiger partial charge in [-0.2, -0.15) is 8.42 Å². The molecular formula is C21H27KO5S. The third-order valence-electron chi connectivity index (χ3n) is 4.46. The molecule has 0 aromatic heterocycles. The van der Waals surface area contributed by atoms with Gasteiger partial charge in [-0.05, 0) is 42.4 Å². The molecule has 2 aromatic rings. The van der Waals surface area contributed by atoms with Crippen LogP contribution < -0.4 is 61.2 Å². The predicted octanol–water partition coefficient (Wildman–Crippen LogP) is 2.10. The van der Waals surface area contributed by atoms with Gasteiger partial charge in [-0.3, -0.25) is 4.55 Å². The fourth-order valence-corrected chi connectivity index (χ4v) is 3.57. The first-order valence-electron chi connectivity index (χ1n) is 9.46. The summed E-state index contributed by atoms with van der Waals surface area (Å²) in [6, 6.07) is 11.3. The number of para-hydroxylation sites is 2. The van der Waals surface area contributed by atoms with Gasteiger partial charge in [0.1, 0.15) is 11.5 Å². The second-order valence-electron chi connectivity index (χ2n) is 6.64. The van der Waals surface area contributed by atoms with E-state index in [0.717, 1.165) is 30.9 Å². The third-order valence-corrected chi connectivity index (χ3v) is 5.34. The first-order chi connectivity index (χ1) is 12.9. The van der Waals surface area contributed by atoms with Gasteiger partial charge in [0.25, 0.3) is 10.1 Å². The number of unbranched alkanes of at least 4 members (excludes halogenated alkanes) is 6. The summed E-state index contributed by atoms with van der Waals surface area (Å²) in [6.45, 7) is 2.20. The Labute approximate surface area is 210 Å². The van der Waals surface area contributed by atoms with Crippen LogP contribution in [0.1, 0.15) is 57.4 Å². The summed E-state index contributed by atoms with van der Waals surface area (Å²) in [5, 5.41) is 12.3. The van der Waals surface area contributed by atoms with Crippen LogP contribution in [0, 0.1) is 0 Å². The van der Waals surface area contributed by atoms with Crippen molar-refractivity contribution in [2.75, 3.05) is 0 Å². The Balaban J connectivity index is 0.00000392. The molecule has 0 unspecified atom stereocenters. The van der Waals surface area contributed by atoms with Gasteiger partial charge in [0.15, 0.2) is 0 Å². The molecule has 0 atom stereocenters. The van der Waals surface area contributed by atoms with Gasteiger partial charge < -0.3 is 9.84 Å². The molecule has 0 aliphatic rings. The maximum absolute atomic E-state index is 12.3. The molecule has 0 radical (unpaired) electrons. The molecule has 2 aromatic carbocycles. The normalized spacial score (nSPS) is 11.1. The van der Waals surface area contributed by atoms with Crippen molar-refractivity contribution >= 4 is 10.1 Å². The molecular weight excluding hydrogens is 403 g/mol. The maximum atomic E-state index is 12.3. The van der Waals surface area contributed by atoms with Crippen LogP contribution in [-0.2, 0) is 16.5 Å². The van der Waals surface area contributed by atoms with Crippen molar-refractivity contribution in [2.24, 2.45) is 0 Å². The van der Waals surface area contributed by atoms with Crippen molar-refractivity contribution in [1.82, 2.24) is 0 Å². The summed E-state index contributed by atoms with van der Waals surface area (Å²) in [5.74, 6) is -0.420. The number of ether oxygens (including phenoxy) is 1. The van der Waals surface area contributed by atoms with Crippen LogP contribution in [0.3, 0.4) is 0 Å². The molecule has 0 saturated carbocycles. The minimum atomic E-state index is -4.58. The Hall–Kier alpha value is -0.414. The SMILES string of the molecule is CCCCCCCCCc1ccccc1Oc1cccc(S(=O)(=O)O)c1[O-].[K+]. The topological polar surface area (TPSA) is 86.7 Å². The van der Waals surface area contributed by atoms with Crippen molar-refractivity contribution in [3.05, 3.63) is 48.0 Å². The van der Waals surface area contributed by atoms with E-state index in [0.29, 0.717) is 5.75 Å². The van der Waals surface area contributed by atoms with Gasteiger partial charge in [-0.15, -0.1) is 0 Å². The Kier molecular flexibility index (Phi) is 11.9. The molecule has 0 saturated heterocycles. The number of hydrogen-bond acceptors (Lipinski definition) is 4. The summed E-state index contributed by atoms with van der Waals surface area (Å²) in [6.07, 6.45) is 9.29. The fourth-order valence-electron chi connectivity index (χ4n) is 2.98. The van der Waals surface area contributed by atoms with Crippen molar-refractivity contribution < 1.29 is 74.2 Å². The van der Waals surface area contributed by atoms with Crippen molar-refractivity contribution in [2.45, 2.75) is 63.2 Å². The van der Waals surface area contributed by atoms with Crippen LogP contribution in [0.25, 0.3) is 0 Å². The second kappa shape index (κ2) is 13.0. The first kappa shape index (κ1) is 25.6. The maximum Gasteiger partial charge on any atom is 1.00 e. The largest absolute Gasteiger partial charge is 1.00 e. The molecule has 0 fully saturated rings. The van der Waals surface area contributed by atoms with E-state index in [-0.39, 0.29) is 57.1 Å². The zero-order valence-electron chi connectivity index (χ0n) is 16.7. The molecule has 5 nitrogen and oxygen atoms in total. The minimum absolute atomic E-state index is 0. The van der Waals surface area contributed by atoms with Crippen molar-refractivity contribution in [1.29, 1.82) is 0 Å². The first-order valence-corrected chi connectivity index (χ1v) is 10.9. The van der Waals surface area contributed by atoms with Gasteiger partial charge in [0.05, 0.1) is 4.90 Å². The van der Waals surface area contributed by atoms with E-state index in [9.17, 15) is 13.5 Å². The molecule has 0 aliphatic heterocycles. The molecule has 7 heteroatoms. The molecule has 2 rings (SSSR count). The molecule has 148 valence electrons. The number of aryl methyl sites for hydroxylation is 1. The van der Waals surface area contributed by atoms with E-state index in [1.54, 1.807) is 12.1 Å². The monoisotopic (exact) mass is 430 g/mol. The summed E-state index contributed by atoms with van der Waals surface area (Å²) in [7, 11) is -4.58. The van der Waals surface area contributed by atoms with E-state index in [2.05, 4.69) is 6.92 Å². The van der Waals surface area contributed by atoms with E-state index in [4.69, 9.17) is 9.29 Å². The minimum Gasteiger partial charge on any atom is -0.869 e. The Morgan fingerprint density at radius 3 is 2.18 bits per heavy atom. The van der Waals surface area contributed by atoms with Crippen LogP contribution in [0.5, 0.6) is 17.2 Å². The van der Waals surface area contributed by atoms with Gasteiger partial charge in [0.2, 0.25) is 0 Å². The van der Waals surface area contributed by atoms with Crippen LogP contribution in [0.15, 0.2) is 47.4 Å². The quantitative estimate of drug-likeness (QED) is 0.335. The number of rotatable bonds is 11. The van der Waals surface area contributed by atoms with Gasteiger partial charge >= 0.3 is 51.4 Å². The summed E-state index contributed by atoms with van der Waals surface area (Å²) < 4.78 is 37.4. The average Bonchev–Trinajstić information content (AvgIpc) is 2.63. The zero-order valence-corrected chi connectivity index (χ0v) is 20.6. The van der Waals surface area contributed by atoms with Crippen LogP contribution >= 0.6 is 0 Å².